The number of alkyl halides is 3. The second-order valence-electron chi connectivity index (χ2n) is 9.97. The molecule has 1 aromatic heterocycles. The number of fused-ring (bicyclic) bond motifs is 2. The van der Waals surface area contributed by atoms with Crippen molar-refractivity contribution in [1.29, 1.82) is 0 Å². The summed E-state index contributed by atoms with van der Waals surface area (Å²) in [7, 11) is -2.40. The highest BCUT2D eigenvalue weighted by molar-refractivity contribution is 7.92. The number of amides is 4. The number of hydrogen-bond donors (Lipinski definition) is 1. The molecule has 2 aliphatic heterocycles. The number of nitrogens with zero attached hydrogens (tertiary/aromatic N) is 4. The first-order valence-corrected chi connectivity index (χ1v) is 13.9. The molecule has 10 nitrogen and oxygen atoms in total. The summed E-state index contributed by atoms with van der Waals surface area (Å²) in [5, 5.41) is 6.42. The molecule has 0 saturated carbocycles. The van der Waals surface area contributed by atoms with E-state index in [0.29, 0.717) is 20.9 Å². The minimum Gasteiger partial charge on any atom is -0.325 e. The van der Waals surface area contributed by atoms with Gasteiger partial charge in [-0.2, -0.15) is 18.3 Å². The molecule has 0 aliphatic carbocycles. The van der Waals surface area contributed by atoms with Crippen molar-refractivity contribution < 1.29 is 40.4 Å². The predicted octanol–water partition coefficient (Wildman–Crippen LogP) is 2.74. The lowest BCUT2D eigenvalue weighted by molar-refractivity contribution is -0.187. The standard InChI is InChI=1S/C26H23F4N5O5S/c1-15(26(28,29)30)34(11-16-3-6-19(27)7-4-16)22(36)13-35-23(37)25(32-24(35)38)14-41(39,40)21-9-17(5-8-20(21)25)18-10-31-33(2)12-18/h3-10,12,15H,11,13-14H2,1-2H3,(H,32,38)/t15-,25-/m0/s1. The zero-order chi connectivity index (χ0) is 29.9. The maximum atomic E-state index is 13.7. The molecule has 2 atom stereocenters. The Morgan fingerprint density at radius 2 is 1.83 bits per heavy atom. The molecule has 216 valence electrons. The van der Waals surface area contributed by atoms with Crippen LogP contribution in [-0.4, -0.2) is 70.4 Å². The first-order valence-electron chi connectivity index (χ1n) is 12.2. The Labute approximate surface area is 231 Å². The molecule has 0 unspecified atom stereocenters. The number of sulfone groups is 1. The van der Waals surface area contributed by atoms with Crippen molar-refractivity contribution in [2.24, 2.45) is 7.05 Å². The number of halogens is 4. The van der Waals surface area contributed by atoms with E-state index in [-0.39, 0.29) is 16.0 Å². The molecular weight excluding hydrogens is 570 g/mol. The van der Waals surface area contributed by atoms with Gasteiger partial charge in [0.05, 0.1) is 16.8 Å². The van der Waals surface area contributed by atoms with Gasteiger partial charge in [-0.1, -0.05) is 24.3 Å². The van der Waals surface area contributed by atoms with Crippen LogP contribution in [0.25, 0.3) is 11.1 Å². The van der Waals surface area contributed by atoms with Crippen LogP contribution in [-0.2, 0) is 38.6 Å². The number of carbonyl (C=O) groups excluding carboxylic acids is 3. The van der Waals surface area contributed by atoms with Crippen LogP contribution < -0.4 is 5.32 Å². The second kappa shape index (κ2) is 9.68. The molecule has 0 radical (unpaired) electrons. The largest absolute Gasteiger partial charge is 0.408 e. The van der Waals surface area contributed by atoms with E-state index in [4.69, 9.17) is 0 Å². The lowest BCUT2D eigenvalue weighted by atomic mass is 9.91. The van der Waals surface area contributed by atoms with Crippen LogP contribution in [0.1, 0.15) is 18.1 Å². The van der Waals surface area contributed by atoms with Crippen molar-refractivity contribution in [1.82, 2.24) is 24.9 Å². The highest BCUT2D eigenvalue weighted by Gasteiger charge is 2.60. The number of imide groups is 1. The number of nitrogens with one attached hydrogen (secondary N) is 1. The third-order valence-corrected chi connectivity index (χ3v) is 9.04. The first kappa shape index (κ1) is 28.3. The number of aryl methyl sites for hydroxylation is 1. The zero-order valence-corrected chi connectivity index (χ0v) is 22.5. The molecule has 41 heavy (non-hydrogen) atoms. The molecular formula is C26H23F4N5O5S. The van der Waals surface area contributed by atoms with Crippen LogP contribution >= 0.6 is 0 Å². The topological polar surface area (TPSA) is 122 Å². The van der Waals surface area contributed by atoms with Crippen molar-refractivity contribution >= 4 is 27.7 Å². The second-order valence-corrected chi connectivity index (χ2v) is 11.9. The fourth-order valence-electron chi connectivity index (χ4n) is 5.00. The Bertz CT molecular complexity index is 1670. The lowest BCUT2D eigenvalue weighted by Gasteiger charge is -2.32. The number of urea groups is 1. The molecule has 1 saturated heterocycles. The molecule has 0 bridgehead atoms. The van der Waals surface area contributed by atoms with E-state index in [9.17, 15) is 40.4 Å². The highest BCUT2D eigenvalue weighted by Crippen LogP contribution is 2.43. The summed E-state index contributed by atoms with van der Waals surface area (Å²) >= 11 is 0. The molecule has 3 heterocycles. The molecule has 1 fully saturated rings. The minimum atomic E-state index is -4.85. The summed E-state index contributed by atoms with van der Waals surface area (Å²) in [5.74, 6) is -3.74. The van der Waals surface area contributed by atoms with Crippen LogP contribution in [0, 0.1) is 5.82 Å². The summed E-state index contributed by atoms with van der Waals surface area (Å²) in [5.41, 5.74) is -0.759. The third-order valence-electron chi connectivity index (χ3n) is 7.22. The Hall–Kier alpha value is -4.27. The molecule has 1 spiro atoms. The first-order chi connectivity index (χ1) is 19.1. The Morgan fingerprint density at radius 3 is 2.44 bits per heavy atom. The lowest BCUT2D eigenvalue weighted by Crippen LogP contribution is -2.51. The van der Waals surface area contributed by atoms with Gasteiger partial charge in [-0.3, -0.25) is 19.2 Å². The van der Waals surface area contributed by atoms with Gasteiger partial charge >= 0.3 is 12.2 Å². The maximum absolute atomic E-state index is 13.7. The van der Waals surface area contributed by atoms with Crippen LogP contribution in [0.4, 0.5) is 22.4 Å². The van der Waals surface area contributed by atoms with Gasteiger partial charge in [0.1, 0.15) is 18.4 Å². The van der Waals surface area contributed by atoms with E-state index in [1.165, 1.54) is 35.1 Å². The molecule has 5 rings (SSSR count). The molecule has 2 aromatic carbocycles. The van der Waals surface area contributed by atoms with E-state index < -0.39 is 70.1 Å². The van der Waals surface area contributed by atoms with Crippen molar-refractivity contribution in [3.8, 4) is 11.1 Å². The fourth-order valence-corrected chi connectivity index (χ4v) is 6.96. The van der Waals surface area contributed by atoms with Gasteiger partial charge in [0.15, 0.2) is 15.4 Å². The SMILES string of the molecule is C[C@H](N(Cc1ccc(F)cc1)C(=O)CN1C(=O)N[C@]2(CS(=O)(=O)c3cc(-c4cnn(C)c4)ccc32)C1=O)C(F)(F)F. The van der Waals surface area contributed by atoms with Gasteiger partial charge in [0.2, 0.25) is 5.91 Å². The van der Waals surface area contributed by atoms with Gasteiger partial charge in [-0.25, -0.2) is 17.6 Å². The Balaban J connectivity index is 1.45. The quantitative estimate of drug-likeness (QED) is 0.347. The van der Waals surface area contributed by atoms with Crippen molar-refractivity contribution in [3.63, 3.8) is 0 Å². The van der Waals surface area contributed by atoms with Gasteiger partial charge in [-0.15, -0.1) is 0 Å². The van der Waals surface area contributed by atoms with E-state index in [0.717, 1.165) is 19.1 Å². The summed E-state index contributed by atoms with van der Waals surface area (Å²) in [4.78, 5) is 40.4. The number of aromatic nitrogens is 2. The van der Waals surface area contributed by atoms with E-state index in [2.05, 4.69) is 10.4 Å². The van der Waals surface area contributed by atoms with Crippen LogP contribution in [0.5, 0.6) is 0 Å². The monoisotopic (exact) mass is 593 g/mol. The number of rotatable bonds is 6. The average molecular weight is 594 g/mol. The maximum Gasteiger partial charge on any atom is 0.408 e. The molecule has 3 aromatic rings. The summed E-state index contributed by atoms with van der Waals surface area (Å²) in [6.45, 7) is -0.908. The fraction of sp³-hybridized carbons (Fsp3) is 0.308. The van der Waals surface area contributed by atoms with Crippen LogP contribution in [0.15, 0.2) is 59.8 Å². The number of carbonyl (C=O) groups is 3. The summed E-state index contributed by atoms with van der Waals surface area (Å²) in [6.07, 6.45) is -1.66. The molecule has 1 N–H and O–H groups in total. The summed E-state index contributed by atoms with van der Waals surface area (Å²) < 4.78 is 82.1. The molecule has 2 aliphatic rings. The van der Waals surface area contributed by atoms with Crippen LogP contribution in [0.2, 0.25) is 0 Å². The van der Waals surface area contributed by atoms with Gasteiger partial charge in [0, 0.05) is 30.9 Å². The average Bonchev–Trinajstić information content (AvgIpc) is 3.50. The van der Waals surface area contributed by atoms with Crippen molar-refractivity contribution in [2.45, 2.75) is 36.1 Å². The van der Waals surface area contributed by atoms with Gasteiger partial charge in [-0.05, 0) is 36.2 Å². The highest BCUT2D eigenvalue weighted by atomic mass is 32.2. The number of benzene rings is 2. The molecule has 4 amide bonds. The Morgan fingerprint density at radius 1 is 1.15 bits per heavy atom. The van der Waals surface area contributed by atoms with E-state index in [1.54, 1.807) is 19.3 Å². The predicted molar refractivity (Wildman–Crippen MR) is 135 cm³/mol. The third kappa shape index (κ3) is 4.94. The van der Waals surface area contributed by atoms with Crippen molar-refractivity contribution in [3.05, 3.63) is 71.8 Å². The smallest absolute Gasteiger partial charge is 0.325 e. The van der Waals surface area contributed by atoms with Gasteiger partial charge < -0.3 is 10.2 Å². The summed E-state index contributed by atoms with van der Waals surface area (Å²) in [6, 6.07) is 5.34. The van der Waals surface area contributed by atoms with Crippen LogP contribution in [0.3, 0.4) is 0 Å². The number of hydrogen-bond acceptors (Lipinski definition) is 6. The van der Waals surface area contributed by atoms with E-state index in [1.807, 2.05) is 0 Å². The Kier molecular flexibility index (Phi) is 6.67. The van der Waals surface area contributed by atoms with Crippen molar-refractivity contribution in [2.75, 3.05) is 12.3 Å². The normalized spacial score (nSPS) is 20.3. The molecule has 15 heteroatoms. The minimum absolute atomic E-state index is 0.00901. The van der Waals surface area contributed by atoms with Gasteiger partial charge in [0.25, 0.3) is 5.91 Å². The van der Waals surface area contributed by atoms with E-state index >= 15 is 0 Å². The zero-order valence-electron chi connectivity index (χ0n) is 21.6.